The lowest BCUT2D eigenvalue weighted by atomic mass is 9.88. The van der Waals surface area contributed by atoms with Gasteiger partial charge in [0.2, 0.25) is 0 Å². The Hall–Kier alpha value is -0.490. The lowest BCUT2D eigenvalue weighted by molar-refractivity contribution is -0.171. The van der Waals surface area contributed by atoms with Crippen molar-refractivity contribution in [2.24, 2.45) is 11.7 Å². The van der Waals surface area contributed by atoms with E-state index in [1.807, 2.05) is 0 Å². The van der Waals surface area contributed by atoms with Crippen molar-refractivity contribution < 1.29 is 18.3 Å². The molecule has 0 saturated heterocycles. The van der Waals surface area contributed by atoms with Crippen LogP contribution in [0.4, 0.5) is 8.78 Å². The highest BCUT2D eigenvalue weighted by Crippen LogP contribution is 2.27. The van der Waals surface area contributed by atoms with Gasteiger partial charge in [0, 0.05) is 0 Å². The summed E-state index contributed by atoms with van der Waals surface area (Å²) in [5.74, 6) is 0.351. The van der Waals surface area contributed by atoms with Crippen molar-refractivity contribution >= 4 is 17.4 Å². The van der Waals surface area contributed by atoms with E-state index in [0.717, 1.165) is 12.8 Å². The van der Waals surface area contributed by atoms with Gasteiger partial charge in [0.05, 0.1) is 12.7 Å². The molecule has 0 aromatic heterocycles. The molecule has 0 aromatic rings. The smallest absolute Gasteiger partial charge is 0.345 e. The van der Waals surface area contributed by atoms with Gasteiger partial charge < -0.3 is 15.2 Å². The van der Waals surface area contributed by atoms with Crippen molar-refractivity contribution in [2.75, 3.05) is 6.61 Å². The summed E-state index contributed by atoms with van der Waals surface area (Å²) in [7, 11) is 0. The Morgan fingerprint density at radius 3 is 2.40 bits per heavy atom. The first-order valence-corrected chi connectivity index (χ1v) is 5.34. The number of hydrogen-bond donors (Lipinski definition) is 1. The summed E-state index contributed by atoms with van der Waals surface area (Å²) in [6, 6.07) is 0. The molecular weight excluding hydrogens is 224 g/mol. The maximum atomic E-state index is 11.9. The van der Waals surface area contributed by atoms with Gasteiger partial charge in [-0.15, -0.1) is 0 Å². The Morgan fingerprint density at radius 2 is 1.93 bits per heavy atom. The number of thiocarbonyl (C=S) groups is 1. The van der Waals surface area contributed by atoms with E-state index in [4.69, 9.17) is 10.5 Å². The number of hydrogen-bond acceptors (Lipinski definition) is 3. The molecule has 1 aliphatic carbocycles. The van der Waals surface area contributed by atoms with E-state index in [1.165, 1.54) is 0 Å². The van der Waals surface area contributed by atoms with Crippen LogP contribution in [0.2, 0.25) is 0 Å². The van der Waals surface area contributed by atoms with E-state index < -0.39 is 6.61 Å². The Kier molecular flexibility index (Phi) is 5.17. The summed E-state index contributed by atoms with van der Waals surface area (Å²) in [5, 5.41) is 0.0425. The maximum Gasteiger partial charge on any atom is 0.345 e. The first-order valence-electron chi connectivity index (χ1n) is 4.93. The topological polar surface area (TPSA) is 44.5 Å². The highest BCUT2D eigenvalue weighted by atomic mass is 32.1. The molecule has 0 unspecified atom stereocenters. The van der Waals surface area contributed by atoms with Crippen LogP contribution in [-0.2, 0) is 9.47 Å². The van der Waals surface area contributed by atoms with Gasteiger partial charge in [-0.3, -0.25) is 0 Å². The minimum absolute atomic E-state index is 0.0425. The van der Waals surface area contributed by atoms with Crippen molar-refractivity contribution in [2.45, 2.75) is 38.4 Å². The average molecular weight is 239 g/mol. The van der Waals surface area contributed by atoms with Gasteiger partial charge in [-0.1, -0.05) is 0 Å². The van der Waals surface area contributed by atoms with Crippen LogP contribution in [0.15, 0.2) is 0 Å². The van der Waals surface area contributed by atoms with Gasteiger partial charge in [-0.2, -0.15) is 8.78 Å². The molecule has 0 aliphatic heterocycles. The molecule has 1 fully saturated rings. The summed E-state index contributed by atoms with van der Waals surface area (Å²) in [4.78, 5) is 0. The molecule has 0 radical (unpaired) electrons. The first-order chi connectivity index (χ1) is 7.08. The molecule has 1 aliphatic rings. The van der Waals surface area contributed by atoms with Crippen molar-refractivity contribution in [1.29, 1.82) is 0 Å². The summed E-state index contributed by atoms with van der Waals surface area (Å²) >= 11 is 4.58. The molecule has 0 atom stereocenters. The zero-order chi connectivity index (χ0) is 11.3. The number of halogens is 2. The lowest BCUT2D eigenvalue weighted by Gasteiger charge is -2.27. The molecule has 15 heavy (non-hydrogen) atoms. The third kappa shape index (κ3) is 5.22. The SMILES string of the molecule is NC(=S)OCC1CCC(OC(F)F)CC1. The molecule has 0 spiro atoms. The molecule has 2 N–H and O–H groups in total. The molecule has 1 rings (SSSR count). The fourth-order valence-electron chi connectivity index (χ4n) is 1.78. The molecule has 0 bridgehead atoms. The summed E-state index contributed by atoms with van der Waals surface area (Å²) in [6.45, 7) is -2.18. The van der Waals surface area contributed by atoms with Crippen LogP contribution in [0.3, 0.4) is 0 Å². The van der Waals surface area contributed by atoms with Crippen LogP contribution in [0.25, 0.3) is 0 Å². The summed E-state index contributed by atoms with van der Waals surface area (Å²) < 4.78 is 33.2. The average Bonchev–Trinajstić information content (AvgIpc) is 2.16. The molecule has 0 amide bonds. The molecule has 3 nitrogen and oxygen atoms in total. The number of nitrogens with two attached hydrogens (primary N) is 1. The van der Waals surface area contributed by atoms with E-state index in [0.29, 0.717) is 25.4 Å². The molecule has 0 aromatic carbocycles. The standard InChI is InChI=1S/C9H15F2NO2S/c10-8(11)14-7-3-1-6(2-4-7)5-13-9(12)15/h6-8H,1-5H2,(H2,12,15). The molecule has 1 saturated carbocycles. The van der Waals surface area contributed by atoms with E-state index >= 15 is 0 Å². The second-order valence-electron chi connectivity index (χ2n) is 3.67. The van der Waals surface area contributed by atoms with Crippen molar-refractivity contribution in [3.63, 3.8) is 0 Å². The van der Waals surface area contributed by atoms with Gasteiger partial charge in [0.15, 0.2) is 0 Å². The number of alkyl halides is 2. The fraction of sp³-hybridized carbons (Fsp3) is 0.889. The summed E-state index contributed by atoms with van der Waals surface area (Å²) in [5.41, 5.74) is 5.19. The lowest BCUT2D eigenvalue weighted by Crippen LogP contribution is -2.27. The Balaban J connectivity index is 2.15. The molecular formula is C9H15F2NO2S. The third-order valence-corrected chi connectivity index (χ3v) is 2.67. The zero-order valence-electron chi connectivity index (χ0n) is 8.33. The molecule has 6 heteroatoms. The van der Waals surface area contributed by atoms with Gasteiger partial charge in [0.25, 0.3) is 5.17 Å². The third-order valence-electron chi connectivity index (χ3n) is 2.55. The van der Waals surface area contributed by atoms with Gasteiger partial charge in [-0.25, -0.2) is 0 Å². The van der Waals surface area contributed by atoms with Gasteiger partial charge >= 0.3 is 6.61 Å². The van der Waals surface area contributed by atoms with Crippen LogP contribution >= 0.6 is 12.2 Å². The van der Waals surface area contributed by atoms with E-state index in [2.05, 4.69) is 17.0 Å². The quantitative estimate of drug-likeness (QED) is 0.762. The molecule has 0 heterocycles. The van der Waals surface area contributed by atoms with Crippen LogP contribution in [0, 0.1) is 5.92 Å². The van der Waals surface area contributed by atoms with Crippen LogP contribution in [0.1, 0.15) is 25.7 Å². The second kappa shape index (κ2) is 6.17. The van der Waals surface area contributed by atoms with E-state index in [1.54, 1.807) is 0 Å². The fourth-order valence-corrected chi connectivity index (χ4v) is 1.85. The van der Waals surface area contributed by atoms with Gasteiger partial charge in [0.1, 0.15) is 0 Å². The maximum absolute atomic E-state index is 11.9. The Labute approximate surface area is 92.9 Å². The van der Waals surface area contributed by atoms with E-state index in [-0.39, 0.29) is 11.3 Å². The zero-order valence-corrected chi connectivity index (χ0v) is 9.14. The number of rotatable bonds is 4. The van der Waals surface area contributed by atoms with Crippen LogP contribution in [-0.4, -0.2) is 24.5 Å². The minimum Gasteiger partial charge on any atom is -0.471 e. The van der Waals surface area contributed by atoms with Crippen LogP contribution < -0.4 is 5.73 Å². The highest BCUT2D eigenvalue weighted by molar-refractivity contribution is 7.80. The van der Waals surface area contributed by atoms with Crippen molar-refractivity contribution in [1.82, 2.24) is 0 Å². The highest BCUT2D eigenvalue weighted by Gasteiger charge is 2.24. The molecule has 88 valence electrons. The largest absolute Gasteiger partial charge is 0.471 e. The van der Waals surface area contributed by atoms with Crippen molar-refractivity contribution in [3.8, 4) is 0 Å². The second-order valence-corrected chi connectivity index (χ2v) is 4.07. The van der Waals surface area contributed by atoms with E-state index in [9.17, 15) is 8.78 Å². The number of ether oxygens (including phenoxy) is 2. The minimum atomic E-state index is -2.67. The Bertz CT molecular complexity index is 208. The van der Waals surface area contributed by atoms with Crippen LogP contribution in [0.5, 0.6) is 0 Å². The van der Waals surface area contributed by atoms with Gasteiger partial charge in [-0.05, 0) is 43.8 Å². The summed E-state index contributed by atoms with van der Waals surface area (Å²) in [6.07, 6.45) is 2.62. The monoisotopic (exact) mass is 239 g/mol. The van der Waals surface area contributed by atoms with Crippen molar-refractivity contribution in [3.05, 3.63) is 0 Å². The normalized spacial score (nSPS) is 26.6. The predicted molar refractivity (Wildman–Crippen MR) is 55.6 cm³/mol. The Morgan fingerprint density at radius 1 is 1.33 bits per heavy atom. The first kappa shape index (κ1) is 12.6. The predicted octanol–water partition coefficient (Wildman–Crippen LogP) is 2.04.